The second-order valence-electron chi connectivity index (χ2n) is 7.44. The van der Waals surface area contributed by atoms with Crippen LogP contribution in [0.4, 0.5) is 0 Å². The molecule has 0 bridgehead atoms. The Morgan fingerprint density at radius 3 is 2.68 bits per heavy atom. The first-order valence-electron chi connectivity index (χ1n) is 8.90. The van der Waals surface area contributed by atoms with Crippen molar-refractivity contribution in [3.8, 4) is 0 Å². The zero-order valence-electron chi connectivity index (χ0n) is 13.7. The Kier molecular flexibility index (Phi) is 4.71. The van der Waals surface area contributed by atoms with Crippen molar-refractivity contribution in [3.05, 3.63) is 0 Å². The molecule has 2 heterocycles. The van der Waals surface area contributed by atoms with Gasteiger partial charge in [-0.15, -0.1) is 0 Å². The molecule has 1 saturated carbocycles. The molecular formula is C17H29N3O2. The van der Waals surface area contributed by atoms with Gasteiger partial charge >= 0.3 is 0 Å². The molecule has 2 aliphatic heterocycles. The average Bonchev–Trinajstić information content (AvgIpc) is 3.15. The number of nitrogens with two attached hydrogens (primary N) is 1. The Bertz CT molecular complexity index is 434. The molecule has 5 heteroatoms. The molecule has 0 radical (unpaired) electrons. The Morgan fingerprint density at radius 2 is 2.00 bits per heavy atom. The summed E-state index contributed by atoms with van der Waals surface area (Å²) in [5.74, 6) is 0.837. The van der Waals surface area contributed by atoms with Crippen LogP contribution in [0.15, 0.2) is 0 Å². The Morgan fingerprint density at radius 1 is 1.27 bits per heavy atom. The van der Waals surface area contributed by atoms with Crippen LogP contribution >= 0.6 is 0 Å². The lowest BCUT2D eigenvalue weighted by Crippen LogP contribution is -2.51. The van der Waals surface area contributed by atoms with E-state index in [-0.39, 0.29) is 23.8 Å². The normalized spacial score (nSPS) is 33.7. The molecule has 3 fully saturated rings. The summed E-state index contributed by atoms with van der Waals surface area (Å²) in [4.78, 5) is 29.1. The number of rotatable bonds is 3. The fraction of sp³-hybridized carbons (Fsp3) is 0.882. The predicted octanol–water partition coefficient (Wildman–Crippen LogP) is 1.36. The van der Waals surface area contributed by atoms with E-state index in [4.69, 9.17) is 5.73 Å². The lowest BCUT2D eigenvalue weighted by molar-refractivity contribution is -0.139. The summed E-state index contributed by atoms with van der Waals surface area (Å²) >= 11 is 0. The van der Waals surface area contributed by atoms with Gasteiger partial charge in [0.15, 0.2) is 0 Å². The van der Waals surface area contributed by atoms with Crippen LogP contribution in [0, 0.1) is 11.8 Å². The fourth-order valence-corrected chi connectivity index (χ4v) is 4.47. The molecule has 0 aromatic carbocycles. The first-order chi connectivity index (χ1) is 10.6. The highest BCUT2D eigenvalue weighted by Gasteiger charge is 2.41. The van der Waals surface area contributed by atoms with Crippen molar-refractivity contribution < 1.29 is 9.59 Å². The van der Waals surface area contributed by atoms with Crippen LogP contribution in [0.3, 0.4) is 0 Å². The van der Waals surface area contributed by atoms with Gasteiger partial charge in [0.25, 0.3) is 0 Å². The standard InChI is InChI=1S/C17H29N3O2/c1-12-6-7-19(15(8-12)10-18)17(22)13-9-16(21)20(11-13)14-4-2-3-5-14/h12-15H,2-11,18H2,1H3. The van der Waals surface area contributed by atoms with Crippen molar-refractivity contribution in [2.75, 3.05) is 19.6 Å². The summed E-state index contributed by atoms with van der Waals surface area (Å²) in [6, 6.07) is 0.545. The molecule has 1 aliphatic carbocycles. The number of nitrogens with zero attached hydrogens (tertiary/aromatic N) is 2. The lowest BCUT2D eigenvalue weighted by atomic mass is 9.91. The van der Waals surface area contributed by atoms with Crippen molar-refractivity contribution in [2.45, 2.75) is 64.0 Å². The summed E-state index contributed by atoms with van der Waals surface area (Å²) in [7, 11) is 0. The minimum absolute atomic E-state index is 0.143. The smallest absolute Gasteiger partial charge is 0.228 e. The molecule has 2 saturated heterocycles. The molecule has 2 N–H and O–H groups in total. The Hall–Kier alpha value is -1.10. The number of amides is 2. The minimum atomic E-state index is -0.143. The topological polar surface area (TPSA) is 66.6 Å². The van der Waals surface area contributed by atoms with Crippen LogP contribution in [0.1, 0.15) is 51.9 Å². The molecule has 2 amide bonds. The van der Waals surface area contributed by atoms with E-state index in [2.05, 4.69) is 6.92 Å². The van der Waals surface area contributed by atoms with E-state index in [9.17, 15) is 9.59 Å². The first kappa shape index (κ1) is 15.8. The van der Waals surface area contributed by atoms with E-state index in [1.54, 1.807) is 0 Å². The zero-order valence-corrected chi connectivity index (χ0v) is 13.7. The molecule has 0 aromatic rings. The van der Waals surface area contributed by atoms with E-state index in [0.717, 1.165) is 32.2 Å². The van der Waals surface area contributed by atoms with Gasteiger partial charge in [-0.3, -0.25) is 9.59 Å². The van der Waals surface area contributed by atoms with Gasteiger partial charge in [-0.2, -0.15) is 0 Å². The van der Waals surface area contributed by atoms with Crippen LogP contribution in [0.25, 0.3) is 0 Å². The number of piperidine rings is 1. The van der Waals surface area contributed by atoms with Gasteiger partial charge in [-0.1, -0.05) is 19.8 Å². The number of hydrogen-bond acceptors (Lipinski definition) is 3. The minimum Gasteiger partial charge on any atom is -0.339 e. The van der Waals surface area contributed by atoms with Gasteiger partial charge in [-0.05, 0) is 31.6 Å². The van der Waals surface area contributed by atoms with E-state index < -0.39 is 0 Å². The van der Waals surface area contributed by atoms with Crippen molar-refractivity contribution in [2.24, 2.45) is 17.6 Å². The highest BCUT2D eigenvalue weighted by molar-refractivity contribution is 5.89. The van der Waals surface area contributed by atoms with Crippen LogP contribution in [-0.2, 0) is 9.59 Å². The lowest BCUT2D eigenvalue weighted by Gasteiger charge is -2.39. The number of likely N-dealkylation sites (tertiary alicyclic amines) is 2. The number of hydrogen-bond donors (Lipinski definition) is 1. The molecule has 3 unspecified atom stereocenters. The van der Waals surface area contributed by atoms with Gasteiger partial charge < -0.3 is 15.5 Å². The third-order valence-electron chi connectivity index (χ3n) is 5.81. The van der Waals surface area contributed by atoms with E-state index in [0.29, 0.717) is 31.5 Å². The van der Waals surface area contributed by atoms with Crippen LogP contribution < -0.4 is 5.73 Å². The van der Waals surface area contributed by atoms with E-state index in [1.165, 1.54) is 12.8 Å². The van der Waals surface area contributed by atoms with Crippen LogP contribution in [0.2, 0.25) is 0 Å². The van der Waals surface area contributed by atoms with Gasteiger partial charge in [0.1, 0.15) is 0 Å². The zero-order chi connectivity index (χ0) is 15.7. The fourth-order valence-electron chi connectivity index (χ4n) is 4.47. The molecule has 5 nitrogen and oxygen atoms in total. The predicted molar refractivity (Wildman–Crippen MR) is 85.0 cm³/mol. The highest BCUT2D eigenvalue weighted by atomic mass is 16.2. The molecule has 3 aliphatic rings. The molecule has 0 spiro atoms. The maximum Gasteiger partial charge on any atom is 0.228 e. The monoisotopic (exact) mass is 307 g/mol. The largest absolute Gasteiger partial charge is 0.339 e. The van der Waals surface area contributed by atoms with Crippen LogP contribution in [0.5, 0.6) is 0 Å². The highest BCUT2D eigenvalue weighted by Crippen LogP contribution is 2.31. The first-order valence-corrected chi connectivity index (χ1v) is 8.90. The van der Waals surface area contributed by atoms with E-state index in [1.807, 2.05) is 9.80 Å². The summed E-state index contributed by atoms with van der Waals surface area (Å²) < 4.78 is 0. The SMILES string of the molecule is CC1CCN(C(=O)C2CC(=O)N(C3CCCC3)C2)C(CN)C1. The summed E-state index contributed by atoms with van der Waals surface area (Å²) in [6.07, 6.45) is 7.10. The summed E-state index contributed by atoms with van der Waals surface area (Å²) in [5.41, 5.74) is 5.88. The van der Waals surface area contributed by atoms with Crippen LogP contribution in [-0.4, -0.2) is 53.3 Å². The second-order valence-corrected chi connectivity index (χ2v) is 7.44. The maximum atomic E-state index is 12.9. The molecular weight excluding hydrogens is 278 g/mol. The Balaban J connectivity index is 1.64. The summed E-state index contributed by atoms with van der Waals surface area (Å²) in [5, 5.41) is 0. The third-order valence-corrected chi connectivity index (χ3v) is 5.81. The van der Waals surface area contributed by atoms with Gasteiger partial charge in [0, 0.05) is 38.1 Å². The number of carbonyl (C=O) groups excluding carboxylic acids is 2. The third kappa shape index (κ3) is 3.00. The molecule has 0 aromatic heterocycles. The second kappa shape index (κ2) is 6.57. The van der Waals surface area contributed by atoms with Crippen molar-refractivity contribution >= 4 is 11.8 Å². The maximum absolute atomic E-state index is 12.9. The summed E-state index contributed by atoms with van der Waals surface area (Å²) in [6.45, 7) is 4.19. The molecule has 22 heavy (non-hydrogen) atoms. The van der Waals surface area contributed by atoms with Gasteiger partial charge in [0.2, 0.25) is 11.8 Å². The quantitative estimate of drug-likeness (QED) is 0.856. The number of carbonyl (C=O) groups is 2. The van der Waals surface area contributed by atoms with Gasteiger partial charge in [0.05, 0.1) is 5.92 Å². The van der Waals surface area contributed by atoms with Crippen molar-refractivity contribution in [1.82, 2.24) is 9.80 Å². The average molecular weight is 307 g/mol. The van der Waals surface area contributed by atoms with Crippen molar-refractivity contribution in [3.63, 3.8) is 0 Å². The molecule has 3 rings (SSSR count). The van der Waals surface area contributed by atoms with E-state index >= 15 is 0 Å². The van der Waals surface area contributed by atoms with Gasteiger partial charge in [-0.25, -0.2) is 0 Å². The molecule has 124 valence electrons. The molecule has 3 atom stereocenters. The van der Waals surface area contributed by atoms with Crippen molar-refractivity contribution in [1.29, 1.82) is 0 Å². The Labute approximate surface area is 133 Å².